The summed E-state index contributed by atoms with van der Waals surface area (Å²) in [6.45, 7) is 7.57. The Morgan fingerprint density at radius 2 is 1.71 bits per heavy atom. The number of rotatable bonds is 5. The van der Waals surface area contributed by atoms with E-state index in [1.165, 1.54) is 5.69 Å². The van der Waals surface area contributed by atoms with Gasteiger partial charge in [0.25, 0.3) is 5.91 Å². The first-order valence-corrected chi connectivity index (χ1v) is 8.04. The molecule has 6 nitrogen and oxygen atoms in total. The van der Waals surface area contributed by atoms with Gasteiger partial charge in [-0.25, -0.2) is 9.97 Å². The molecule has 6 heteroatoms. The van der Waals surface area contributed by atoms with E-state index in [0.29, 0.717) is 18.1 Å². The number of carbonyl (C=O) groups is 1. The molecule has 1 aromatic carbocycles. The number of hydrogen-bond donors (Lipinski definition) is 1. The summed E-state index contributed by atoms with van der Waals surface area (Å²) >= 11 is 0. The number of piperazine rings is 1. The summed E-state index contributed by atoms with van der Waals surface area (Å²) in [6.07, 6.45) is 4.79. The number of amides is 1. The van der Waals surface area contributed by atoms with E-state index in [1.54, 1.807) is 18.5 Å². The molecule has 0 radical (unpaired) electrons. The third-order valence-electron chi connectivity index (χ3n) is 3.99. The summed E-state index contributed by atoms with van der Waals surface area (Å²) in [4.78, 5) is 25.0. The molecule has 1 fully saturated rings. The fraction of sp³-hybridized carbons (Fsp3) is 0.278. The van der Waals surface area contributed by atoms with Crippen LogP contribution in [0.1, 0.15) is 10.4 Å². The molecule has 1 aliphatic heterocycles. The summed E-state index contributed by atoms with van der Waals surface area (Å²) in [7, 11) is 0. The highest BCUT2D eigenvalue weighted by atomic mass is 16.1. The minimum atomic E-state index is -0.185. The van der Waals surface area contributed by atoms with Crippen LogP contribution in [0.15, 0.2) is 55.4 Å². The number of nitrogens with one attached hydrogen (secondary N) is 1. The Hall–Kier alpha value is -2.89. The SMILES string of the molecule is C=CCNC(=O)c1cnc(N2CCN(c3ccccc3)CC2)nc1. The average Bonchev–Trinajstić information content (AvgIpc) is 2.67. The smallest absolute Gasteiger partial charge is 0.254 e. The fourth-order valence-corrected chi connectivity index (χ4v) is 2.67. The Kier molecular flexibility index (Phi) is 5.05. The summed E-state index contributed by atoms with van der Waals surface area (Å²) in [5.74, 6) is 0.485. The van der Waals surface area contributed by atoms with Crippen LogP contribution in [0, 0.1) is 0 Å². The first kappa shape index (κ1) is 16.0. The number of nitrogens with zero attached hydrogens (tertiary/aromatic N) is 4. The van der Waals surface area contributed by atoms with E-state index < -0.39 is 0 Å². The molecule has 1 aliphatic rings. The Bertz CT molecular complexity index is 678. The van der Waals surface area contributed by atoms with E-state index in [9.17, 15) is 4.79 Å². The van der Waals surface area contributed by atoms with Crippen LogP contribution in [-0.4, -0.2) is 48.6 Å². The maximum atomic E-state index is 11.8. The Morgan fingerprint density at radius 1 is 1.08 bits per heavy atom. The van der Waals surface area contributed by atoms with Crippen LogP contribution in [0.25, 0.3) is 0 Å². The molecular formula is C18H21N5O. The van der Waals surface area contributed by atoms with Gasteiger partial charge in [0, 0.05) is 50.8 Å². The lowest BCUT2D eigenvalue weighted by Gasteiger charge is -2.36. The maximum Gasteiger partial charge on any atom is 0.254 e. The molecule has 1 amide bonds. The van der Waals surface area contributed by atoms with Crippen LogP contribution in [0.5, 0.6) is 0 Å². The molecule has 0 bridgehead atoms. The highest BCUT2D eigenvalue weighted by Gasteiger charge is 2.19. The summed E-state index contributed by atoms with van der Waals surface area (Å²) in [5.41, 5.74) is 1.70. The van der Waals surface area contributed by atoms with E-state index in [4.69, 9.17) is 0 Å². The third-order valence-corrected chi connectivity index (χ3v) is 3.99. The van der Waals surface area contributed by atoms with Gasteiger partial charge in [-0.1, -0.05) is 24.3 Å². The highest BCUT2D eigenvalue weighted by Crippen LogP contribution is 2.17. The van der Waals surface area contributed by atoms with Crippen molar-refractivity contribution in [3.63, 3.8) is 0 Å². The molecule has 0 unspecified atom stereocenters. The number of benzene rings is 1. The van der Waals surface area contributed by atoms with Crippen LogP contribution in [0.4, 0.5) is 11.6 Å². The van der Waals surface area contributed by atoms with Gasteiger partial charge in [0.1, 0.15) is 0 Å². The second kappa shape index (κ2) is 7.59. The number of aromatic nitrogens is 2. The Labute approximate surface area is 141 Å². The van der Waals surface area contributed by atoms with Crippen molar-refractivity contribution in [2.24, 2.45) is 0 Å². The zero-order valence-corrected chi connectivity index (χ0v) is 13.6. The van der Waals surface area contributed by atoms with Crippen LogP contribution in [-0.2, 0) is 0 Å². The number of hydrogen-bond acceptors (Lipinski definition) is 5. The van der Waals surface area contributed by atoms with Crippen molar-refractivity contribution in [3.8, 4) is 0 Å². The maximum absolute atomic E-state index is 11.8. The van der Waals surface area contributed by atoms with Crippen LogP contribution in [0.2, 0.25) is 0 Å². The third kappa shape index (κ3) is 3.71. The van der Waals surface area contributed by atoms with Crippen LogP contribution >= 0.6 is 0 Å². The van der Waals surface area contributed by atoms with Crippen LogP contribution < -0.4 is 15.1 Å². The molecule has 0 spiro atoms. The number of anilines is 2. The van der Waals surface area contributed by atoms with Crippen molar-refractivity contribution in [2.45, 2.75) is 0 Å². The van der Waals surface area contributed by atoms with Crippen molar-refractivity contribution in [3.05, 3.63) is 60.9 Å². The quantitative estimate of drug-likeness (QED) is 0.849. The van der Waals surface area contributed by atoms with Gasteiger partial charge in [-0.15, -0.1) is 6.58 Å². The first-order chi connectivity index (χ1) is 11.8. The van der Waals surface area contributed by atoms with E-state index in [0.717, 1.165) is 26.2 Å². The van der Waals surface area contributed by atoms with Crippen molar-refractivity contribution < 1.29 is 4.79 Å². The molecule has 24 heavy (non-hydrogen) atoms. The van der Waals surface area contributed by atoms with E-state index in [1.807, 2.05) is 6.07 Å². The normalized spacial score (nSPS) is 14.3. The first-order valence-electron chi connectivity index (χ1n) is 8.04. The van der Waals surface area contributed by atoms with Gasteiger partial charge in [0.15, 0.2) is 0 Å². The molecule has 0 atom stereocenters. The molecule has 1 aromatic heterocycles. The lowest BCUT2D eigenvalue weighted by molar-refractivity contribution is 0.0957. The van der Waals surface area contributed by atoms with Gasteiger partial charge in [0.05, 0.1) is 5.56 Å². The summed E-state index contributed by atoms with van der Waals surface area (Å²) < 4.78 is 0. The van der Waals surface area contributed by atoms with Crippen molar-refractivity contribution in [2.75, 3.05) is 42.5 Å². The van der Waals surface area contributed by atoms with E-state index >= 15 is 0 Å². The Morgan fingerprint density at radius 3 is 2.33 bits per heavy atom. The van der Waals surface area contributed by atoms with Gasteiger partial charge in [-0.2, -0.15) is 0 Å². The number of para-hydroxylation sites is 1. The Balaban J connectivity index is 1.58. The standard InChI is InChI=1S/C18H21N5O/c1-2-8-19-17(24)15-13-20-18(21-14-15)23-11-9-22(10-12-23)16-6-4-3-5-7-16/h2-7,13-14H,1,8-12H2,(H,19,24). The monoisotopic (exact) mass is 323 g/mol. The molecule has 2 heterocycles. The lowest BCUT2D eigenvalue weighted by atomic mass is 10.2. The van der Waals surface area contributed by atoms with Crippen molar-refractivity contribution in [1.82, 2.24) is 15.3 Å². The lowest BCUT2D eigenvalue weighted by Crippen LogP contribution is -2.47. The minimum absolute atomic E-state index is 0.185. The van der Waals surface area contributed by atoms with Gasteiger partial charge in [-0.05, 0) is 12.1 Å². The minimum Gasteiger partial charge on any atom is -0.368 e. The zero-order valence-electron chi connectivity index (χ0n) is 13.6. The van der Waals surface area contributed by atoms with Crippen LogP contribution in [0.3, 0.4) is 0 Å². The van der Waals surface area contributed by atoms with Gasteiger partial charge in [0.2, 0.25) is 5.95 Å². The average molecular weight is 323 g/mol. The molecular weight excluding hydrogens is 302 g/mol. The molecule has 0 saturated carbocycles. The fourth-order valence-electron chi connectivity index (χ4n) is 2.67. The zero-order chi connectivity index (χ0) is 16.8. The highest BCUT2D eigenvalue weighted by molar-refractivity contribution is 5.93. The van der Waals surface area contributed by atoms with Crippen molar-refractivity contribution >= 4 is 17.5 Å². The molecule has 3 rings (SSSR count). The number of carbonyl (C=O) groups excluding carboxylic acids is 1. The van der Waals surface area contributed by atoms with E-state index in [-0.39, 0.29) is 5.91 Å². The second-order valence-corrected chi connectivity index (χ2v) is 5.58. The van der Waals surface area contributed by atoms with Crippen molar-refractivity contribution in [1.29, 1.82) is 0 Å². The predicted molar refractivity (Wildman–Crippen MR) is 95.4 cm³/mol. The van der Waals surface area contributed by atoms with Gasteiger partial charge in [-0.3, -0.25) is 4.79 Å². The van der Waals surface area contributed by atoms with Gasteiger partial charge >= 0.3 is 0 Å². The van der Waals surface area contributed by atoms with Gasteiger partial charge < -0.3 is 15.1 Å². The largest absolute Gasteiger partial charge is 0.368 e. The predicted octanol–water partition coefficient (Wildman–Crippen LogP) is 1.72. The molecule has 2 aromatic rings. The second-order valence-electron chi connectivity index (χ2n) is 5.58. The topological polar surface area (TPSA) is 61.4 Å². The summed E-state index contributed by atoms with van der Waals surface area (Å²) in [5, 5.41) is 2.71. The summed E-state index contributed by atoms with van der Waals surface area (Å²) in [6, 6.07) is 10.4. The molecule has 0 aliphatic carbocycles. The molecule has 1 saturated heterocycles. The van der Waals surface area contributed by atoms with E-state index in [2.05, 4.69) is 55.9 Å². The molecule has 124 valence electrons. The molecule has 1 N–H and O–H groups in total.